The van der Waals surface area contributed by atoms with E-state index in [0.29, 0.717) is 25.0 Å². The van der Waals surface area contributed by atoms with Crippen molar-refractivity contribution in [2.75, 3.05) is 26.2 Å². The van der Waals surface area contributed by atoms with E-state index < -0.39 is 0 Å². The Balaban J connectivity index is 1.99. The van der Waals surface area contributed by atoms with Crippen molar-refractivity contribution in [1.82, 2.24) is 15.1 Å². The SMILES string of the molecule is CC(C)C[C@@H]1C(=O)NCCN1C(=O)C1CCN(C(C)C)CC1. The molecule has 22 heavy (non-hydrogen) atoms. The summed E-state index contributed by atoms with van der Waals surface area (Å²) in [6.07, 6.45) is 2.59. The van der Waals surface area contributed by atoms with Gasteiger partial charge in [0, 0.05) is 25.0 Å². The maximum absolute atomic E-state index is 12.9. The fourth-order valence-corrected chi connectivity index (χ4v) is 3.56. The Hall–Kier alpha value is -1.10. The van der Waals surface area contributed by atoms with Gasteiger partial charge in [0.25, 0.3) is 0 Å². The van der Waals surface area contributed by atoms with Gasteiger partial charge in [0.05, 0.1) is 0 Å². The molecular weight excluding hydrogens is 278 g/mol. The molecule has 5 heteroatoms. The molecule has 2 aliphatic rings. The lowest BCUT2D eigenvalue weighted by Crippen LogP contribution is -2.59. The van der Waals surface area contributed by atoms with E-state index in [4.69, 9.17) is 0 Å². The monoisotopic (exact) mass is 309 g/mol. The number of nitrogens with zero attached hydrogens (tertiary/aromatic N) is 2. The summed E-state index contributed by atoms with van der Waals surface area (Å²) in [7, 11) is 0. The molecule has 0 aromatic rings. The third-order valence-electron chi connectivity index (χ3n) is 4.92. The Morgan fingerprint density at radius 2 is 1.82 bits per heavy atom. The minimum atomic E-state index is -0.274. The molecule has 2 aliphatic heterocycles. The number of carbonyl (C=O) groups excluding carboxylic acids is 2. The molecule has 0 aromatic carbocycles. The quantitative estimate of drug-likeness (QED) is 0.856. The van der Waals surface area contributed by atoms with Gasteiger partial charge in [-0.2, -0.15) is 0 Å². The summed E-state index contributed by atoms with van der Waals surface area (Å²) in [6, 6.07) is 0.273. The van der Waals surface area contributed by atoms with Crippen LogP contribution in [0.15, 0.2) is 0 Å². The van der Waals surface area contributed by atoms with E-state index in [-0.39, 0.29) is 23.8 Å². The summed E-state index contributed by atoms with van der Waals surface area (Å²) in [5, 5.41) is 2.91. The van der Waals surface area contributed by atoms with E-state index >= 15 is 0 Å². The zero-order valence-electron chi connectivity index (χ0n) is 14.5. The van der Waals surface area contributed by atoms with Crippen LogP contribution < -0.4 is 5.32 Å². The van der Waals surface area contributed by atoms with Crippen LogP contribution in [0.3, 0.4) is 0 Å². The molecule has 2 heterocycles. The number of rotatable bonds is 4. The van der Waals surface area contributed by atoms with Crippen LogP contribution in [-0.2, 0) is 9.59 Å². The van der Waals surface area contributed by atoms with Crippen molar-refractivity contribution < 1.29 is 9.59 Å². The number of hydrogen-bond acceptors (Lipinski definition) is 3. The molecule has 5 nitrogen and oxygen atoms in total. The van der Waals surface area contributed by atoms with Crippen molar-refractivity contribution in [3.63, 3.8) is 0 Å². The first-order chi connectivity index (χ1) is 10.4. The maximum Gasteiger partial charge on any atom is 0.242 e. The predicted molar refractivity (Wildman–Crippen MR) is 87.4 cm³/mol. The molecule has 0 aliphatic carbocycles. The van der Waals surface area contributed by atoms with Gasteiger partial charge >= 0.3 is 0 Å². The van der Waals surface area contributed by atoms with Gasteiger partial charge in [-0.15, -0.1) is 0 Å². The summed E-state index contributed by atoms with van der Waals surface area (Å²) in [5.74, 6) is 0.722. The van der Waals surface area contributed by atoms with E-state index in [9.17, 15) is 9.59 Å². The fraction of sp³-hybridized carbons (Fsp3) is 0.882. The van der Waals surface area contributed by atoms with Crippen LogP contribution >= 0.6 is 0 Å². The summed E-state index contributed by atoms with van der Waals surface area (Å²) >= 11 is 0. The third-order valence-corrected chi connectivity index (χ3v) is 4.92. The van der Waals surface area contributed by atoms with Crippen LogP contribution in [0.5, 0.6) is 0 Å². The van der Waals surface area contributed by atoms with E-state index in [1.54, 1.807) is 0 Å². The number of carbonyl (C=O) groups is 2. The summed E-state index contributed by atoms with van der Waals surface area (Å²) in [5.41, 5.74) is 0. The minimum absolute atomic E-state index is 0.0212. The van der Waals surface area contributed by atoms with E-state index in [0.717, 1.165) is 32.4 Å². The van der Waals surface area contributed by atoms with Crippen LogP contribution in [0.2, 0.25) is 0 Å². The summed E-state index contributed by atoms with van der Waals surface area (Å²) in [4.78, 5) is 29.3. The van der Waals surface area contributed by atoms with Crippen molar-refractivity contribution >= 4 is 11.8 Å². The average Bonchev–Trinajstić information content (AvgIpc) is 2.48. The van der Waals surface area contributed by atoms with Crippen LogP contribution in [0.1, 0.15) is 47.0 Å². The summed E-state index contributed by atoms with van der Waals surface area (Å²) < 4.78 is 0. The lowest BCUT2D eigenvalue weighted by atomic mass is 9.92. The molecule has 126 valence electrons. The van der Waals surface area contributed by atoms with E-state index in [1.165, 1.54) is 0 Å². The second kappa shape index (κ2) is 7.44. The second-order valence-corrected chi connectivity index (χ2v) is 7.37. The standard InChI is InChI=1S/C17H31N3O2/c1-12(2)11-15-16(21)18-7-10-20(15)17(22)14-5-8-19(9-6-14)13(3)4/h12-15H,5-11H2,1-4H3,(H,18,21)/t15-/m1/s1. The first-order valence-corrected chi connectivity index (χ1v) is 8.72. The topological polar surface area (TPSA) is 52.7 Å². The molecular formula is C17H31N3O2. The first kappa shape index (κ1) is 17.3. The zero-order chi connectivity index (χ0) is 16.3. The lowest BCUT2D eigenvalue weighted by molar-refractivity contribution is -0.148. The van der Waals surface area contributed by atoms with Gasteiger partial charge in [-0.1, -0.05) is 13.8 Å². The lowest BCUT2D eigenvalue weighted by Gasteiger charge is -2.40. The molecule has 2 rings (SSSR count). The van der Waals surface area contributed by atoms with E-state index in [2.05, 4.69) is 37.9 Å². The number of amides is 2. The van der Waals surface area contributed by atoms with Gasteiger partial charge in [-0.25, -0.2) is 0 Å². The average molecular weight is 309 g/mol. The Labute approximate surface area is 134 Å². The normalized spacial score (nSPS) is 24.9. The number of likely N-dealkylation sites (tertiary alicyclic amines) is 1. The molecule has 2 fully saturated rings. The van der Waals surface area contributed by atoms with Gasteiger partial charge in [-0.05, 0) is 52.1 Å². The van der Waals surface area contributed by atoms with E-state index in [1.807, 2.05) is 4.90 Å². The van der Waals surface area contributed by atoms with Crippen LogP contribution in [-0.4, -0.2) is 59.9 Å². The van der Waals surface area contributed by atoms with Crippen LogP contribution in [0.25, 0.3) is 0 Å². The number of piperazine rings is 1. The molecule has 1 N–H and O–H groups in total. The molecule has 0 spiro atoms. The molecule has 0 saturated carbocycles. The minimum Gasteiger partial charge on any atom is -0.353 e. The van der Waals surface area contributed by atoms with Gasteiger partial charge in [0.15, 0.2) is 0 Å². The molecule has 2 amide bonds. The zero-order valence-corrected chi connectivity index (χ0v) is 14.5. The number of nitrogens with one attached hydrogen (secondary N) is 1. The van der Waals surface area contributed by atoms with Crippen molar-refractivity contribution in [2.24, 2.45) is 11.8 Å². The Morgan fingerprint density at radius 1 is 1.18 bits per heavy atom. The molecule has 1 atom stereocenters. The Kier molecular flexibility index (Phi) is 5.84. The second-order valence-electron chi connectivity index (χ2n) is 7.37. The van der Waals surface area contributed by atoms with Crippen LogP contribution in [0.4, 0.5) is 0 Å². The van der Waals surface area contributed by atoms with Gasteiger partial charge in [0.1, 0.15) is 6.04 Å². The van der Waals surface area contributed by atoms with Crippen molar-refractivity contribution in [3.8, 4) is 0 Å². The number of piperidine rings is 1. The maximum atomic E-state index is 12.9. The first-order valence-electron chi connectivity index (χ1n) is 8.72. The van der Waals surface area contributed by atoms with Crippen molar-refractivity contribution in [3.05, 3.63) is 0 Å². The number of hydrogen-bond donors (Lipinski definition) is 1. The molecule has 0 unspecified atom stereocenters. The van der Waals surface area contributed by atoms with Crippen LogP contribution in [0, 0.1) is 11.8 Å². The van der Waals surface area contributed by atoms with Crippen molar-refractivity contribution in [2.45, 2.75) is 59.0 Å². The Bertz CT molecular complexity index is 401. The highest BCUT2D eigenvalue weighted by molar-refractivity contribution is 5.89. The molecule has 0 aromatic heterocycles. The smallest absolute Gasteiger partial charge is 0.242 e. The van der Waals surface area contributed by atoms with Gasteiger partial charge < -0.3 is 15.1 Å². The highest BCUT2D eigenvalue weighted by atomic mass is 16.2. The highest BCUT2D eigenvalue weighted by Gasteiger charge is 2.37. The van der Waals surface area contributed by atoms with Gasteiger partial charge in [-0.3, -0.25) is 9.59 Å². The van der Waals surface area contributed by atoms with Crippen molar-refractivity contribution in [1.29, 1.82) is 0 Å². The van der Waals surface area contributed by atoms with Gasteiger partial charge in [0.2, 0.25) is 11.8 Å². The largest absolute Gasteiger partial charge is 0.353 e. The Morgan fingerprint density at radius 3 is 2.36 bits per heavy atom. The molecule has 0 bridgehead atoms. The summed E-state index contributed by atoms with van der Waals surface area (Å²) in [6.45, 7) is 11.8. The predicted octanol–water partition coefficient (Wildman–Crippen LogP) is 1.48. The third kappa shape index (κ3) is 4.00. The molecule has 0 radical (unpaired) electrons. The highest BCUT2D eigenvalue weighted by Crippen LogP contribution is 2.24. The fourth-order valence-electron chi connectivity index (χ4n) is 3.56. The molecule has 2 saturated heterocycles.